The van der Waals surface area contributed by atoms with E-state index in [-0.39, 0.29) is 73.8 Å². The van der Waals surface area contributed by atoms with Gasteiger partial charge < -0.3 is 34.8 Å². The minimum absolute atomic E-state index is 0.0289. The molecule has 6 rings (SSSR count). The van der Waals surface area contributed by atoms with Crippen molar-refractivity contribution < 1.29 is 28.8 Å². The number of nitrogens with one attached hydrogen (secondary N) is 2. The van der Waals surface area contributed by atoms with Crippen LogP contribution in [0.5, 0.6) is 0 Å². The Morgan fingerprint density at radius 1 is 0.750 bits per heavy atom. The number of carbonyl (C=O) groups excluding carboxylic acids is 6. The molecule has 56 heavy (non-hydrogen) atoms. The van der Waals surface area contributed by atoms with E-state index >= 15 is 0 Å². The molecule has 3 aliphatic rings. The second-order valence-corrected chi connectivity index (χ2v) is 15.9. The Labute approximate surface area is 329 Å². The second-order valence-electron chi connectivity index (χ2n) is 15.9. The maximum atomic E-state index is 14.8. The Bertz CT molecular complexity index is 1930. The van der Waals surface area contributed by atoms with Gasteiger partial charge in [-0.3, -0.25) is 28.8 Å². The number of hydrogen-bond acceptors (Lipinski definition) is 7. The van der Waals surface area contributed by atoms with Crippen molar-refractivity contribution in [1.82, 2.24) is 34.8 Å². The van der Waals surface area contributed by atoms with Crippen LogP contribution in [0.1, 0.15) is 65.5 Å². The smallest absolute Gasteiger partial charge is 0.246 e. The second kappa shape index (κ2) is 17.4. The summed E-state index contributed by atoms with van der Waals surface area (Å²) in [6.45, 7) is 12.5. The number of hydrogen-bond donors (Lipinski definition) is 2. The Morgan fingerprint density at radius 3 is 2.11 bits per heavy atom. The van der Waals surface area contributed by atoms with Crippen LogP contribution in [-0.4, -0.2) is 140 Å². The molecule has 1 aromatic heterocycles. The van der Waals surface area contributed by atoms with Crippen LogP contribution in [0.3, 0.4) is 0 Å². The molecule has 5 amide bonds. The summed E-state index contributed by atoms with van der Waals surface area (Å²) in [7, 11) is 0. The molecule has 0 saturated carbocycles. The Kier molecular flexibility index (Phi) is 12.6. The van der Waals surface area contributed by atoms with Crippen molar-refractivity contribution in [1.29, 1.82) is 0 Å². The van der Waals surface area contributed by atoms with Crippen LogP contribution in [0.25, 0.3) is 10.9 Å². The van der Waals surface area contributed by atoms with Gasteiger partial charge in [0.25, 0.3) is 0 Å². The maximum Gasteiger partial charge on any atom is 0.246 e. The molecule has 13 heteroatoms. The zero-order valence-electron chi connectivity index (χ0n) is 33.6. The number of benzene rings is 2. The third kappa shape index (κ3) is 8.23. The first-order chi connectivity index (χ1) is 26.8. The Balaban J connectivity index is 1.21. The number of Topliss-reactive ketones (excluding diaryl/α,β-unsaturated/α-hetero) is 1. The van der Waals surface area contributed by atoms with Crippen molar-refractivity contribution >= 4 is 46.2 Å². The standard InChI is InChI=1S/C43H57N7O6/c1-7-38(51)28(4)46-21-22-50(36(42(46)55)23-27(2)3)40(53)30(6)47-19-20-48(29(5)39(47)52)43(56)37(25-32-26-45-34-16-12-11-15-33(32)34)49-18-17-44-35(41(49)54)24-31-13-9-8-10-14-31/h8-16,26-30,35-37,44-45H,7,17-25H2,1-6H3/t28-,29-,30-,35-,36-,37-/m0/s1. The zero-order chi connectivity index (χ0) is 40.3. The summed E-state index contributed by atoms with van der Waals surface area (Å²) >= 11 is 0. The molecule has 0 radical (unpaired) electrons. The van der Waals surface area contributed by atoms with Crippen molar-refractivity contribution in [2.75, 3.05) is 39.3 Å². The number of ketones is 1. The largest absolute Gasteiger partial charge is 0.361 e. The molecule has 6 atom stereocenters. The summed E-state index contributed by atoms with van der Waals surface area (Å²) in [5.41, 5.74) is 2.85. The number of rotatable bonds is 13. The molecule has 0 unspecified atom stereocenters. The molecule has 300 valence electrons. The monoisotopic (exact) mass is 767 g/mol. The van der Waals surface area contributed by atoms with Crippen LogP contribution < -0.4 is 5.32 Å². The van der Waals surface area contributed by atoms with Crippen molar-refractivity contribution in [2.24, 2.45) is 5.92 Å². The number of nitrogens with zero attached hydrogens (tertiary/aromatic N) is 5. The average molecular weight is 768 g/mol. The van der Waals surface area contributed by atoms with Gasteiger partial charge in [0, 0.05) is 69.2 Å². The predicted molar refractivity (Wildman–Crippen MR) is 213 cm³/mol. The van der Waals surface area contributed by atoms with Gasteiger partial charge in [-0.15, -0.1) is 0 Å². The molecule has 2 N–H and O–H groups in total. The van der Waals surface area contributed by atoms with Crippen molar-refractivity contribution in [3.05, 3.63) is 71.9 Å². The molecule has 0 spiro atoms. The van der Waals surface area contributed by atoms with Gasteiger partial charge >= 0.3 is 0 Å². The first-order valence-electron chi connectivity index (χ1n) is 20.2. The van der Waals surface area contributed by atoms with Crippen molar-refractivity contribution in [3.63, 3.8) is 0 Å². The van der Waals surface area contributed by atoms with Gasteiger partial charge in [-0.1, -0.05) is 69.3 Å². The van der Waals surface area contributed by atoms with E-state index < -0.39 is 36.3 Å². The Hall–Kier alpha value is -5.04. The lowest BCUT2D eigenvalue weighted by atomic mass is 9.96. The number of carbonyl (C=O) groups is 6. The number of piperazine rings is 3. The summed E-state index contributed by atoms with van der Waals surface area (Å²) in [6.07, 6.45) is 3.39. The quantitative estimate of drug-likeness (QED) is 0.272. The molecule has 3 fully saturated rings. The maximum absolute atomic E-state index is 14.8. The molecule has 0 aliphatic carbocycles. The minimum Gasteiger partial charge on any atom is -0.361 e. The lowest BCUT2D eigenvalue weighted by molar-refractivity contribution is -0.164. The van der Waals surface area contributed by atoms with E-state index in [1.807, 2.05) is 74.6 Å². The average Bonchev–Trinajstić information content (AvgIpc) is 3.61. The fourth-order valence-electron chi connectivity index (χ4n) is 8.66. The van der Waals surface area contributed by atoms with E-state index in [1.165, 1.54) is 4.90 Å². The van der Waals surface area contributed by atoms with E-state index in [0.717, 1.165) is 22.0 Å². The van der Waals surface area contributed by atoms with Crippen molar-refractivity contribution in [2.45, 2.75) is 103 Å². The molecule has 3 saturated heterocycles. The van der Waals surface area contributed by atoms with E-state index in [4.69, 9.17) is 0 Å². The van der Waals surface area contributed by atoms with Gasteiger partial charge in [0.2, 0.25) is 29.5 Å². The van der Waals surface area contributed by atoms with Crippen LogP contribution in [0.15, 0.2) is 60.8 Å². The molecule has 0 bridgehead atoms. The molecule has 13 nitrogen and oxygen atoms in total. The number of H-pyrrole nitrogens is 1. The highest BCUT2D eigenvalue weighted by atomic mass is 16.2. The highest BCUT2D eigenvalue weighted by Crippen LogP contribution is 2.27. The van der Waals surface area contributed by atoms with E-state index in [0.29, 0.717) is 32.4 Å². The molecular formula is C43H57N7O6. The van der Waals surface area contributed by atoms with E-state index in [9.17, 15) is 28.8 Å². The lowest BCUT2D eigenvalue weighted by Gasteiger charge is -2.47. The summed E-state index contributed by atoms with van der Waals surface area (Å²) in [6, 6.07) is 13.2. The molecule has 3 aliphatic heterocycles. The summed E-state index contributed by atoms with van der Waals surface area (Å²) in [5.74, 6) is -1.32. The normalized spacial score (nSPS) is 22.5. The van der Waals surface area contributed by atoms with Gasteiger partial charge in [-0.05, 0) is 56.7 Å². The third-order valence-corrected chi connectivity index (χ3v) is 11.9. The SMILES string of the molecule is CCC(=O)[C@H](C)N1CCN(C(=O)[C@H](C)N2CCN(C(=O)[C@H](Cc3c[nH]c4ccccc34)N3CCN[C@@H](Cc4ccccc4)C3=O)[C@@H](C)C2=O)[C@@H](CC(C)C)C1=O. The van der Waals surface area contributed by atoms with Crippen molar-refractivity contribution in [3.8, 4) is 0 Å². The first kappa shape index (κ1) is 40.6. The zero-order valence-corrected chi connectivity index (χ0v) is 33.6. The van der Waals surface area contributed by atoms with Gasteiger partial charge in [0.1, 0.15) is 24.2 Å². The first-order valence-corrected chi connectivity index (χ1v) is 20.2. The van der Waals surface area contributed by atoms with Gasteiger partial charge in [-0.25, -0.2) is 0 Å². The van der Waals surface area contributed by atoms with E-state index in [1.54, 1.807) is 47.3 Å². The summed E-state index contributed by atoms with van der Waals surface area (Å²) in [5, 5.41) is 4.32. The van der Waals surface area contributed by atoms with Crippen LogP contribution in [-0.2, 0) is 41.6 Å². The number of aromatic amines is 1. The number of aromatic nitrogens is 1. The topological polar surface area (TPSA) is 146 Å². The molecule has 2 aromatic carbocycles. The summed E-state index contributed by atoms with van der Waals surface area (Å²) < 4.78 is 0. The highest BCUT2D eigenvalue weighted by Gasteiger charge is 2.47. The Morgan fingerprint density at radius 2 is 1.41 bits per heavy atom. The minimum atomic E-state index is -0.888. The van der Waals surface area contributed by atoms with Gasteiger partial charge in [0.05, 0.1) is 12.1 Å². The predicted octanol–water partition coefficient (Wildman–Crippen LogP) is 3.02. The van der Waals surface area contributed by atoms with Gasteiger partial charge in [0.15, 0.2) is 5.78 Å². The van der Waals surface area contributed by atoms with E-state index in [2.05, 4.69) is 10.3 Å². The summed E-state index contributed by atoms with van der Waals surface area (Å²) in [4.78, 5) is 95.0. The third-order valence-electron chi connectivity index (χ3n) is 11.9. The van der Waals surface area contributed by atoms with Crippen LogP contribution in [0, 0.1) is 5.92 Å². The fourth-order valence-corrected chi connectivity index (χ4v) is 8.66. The fraction of sp³-hybridized carbons (Fsp3) is 0.535. The number of para-hydroxylation sites is 1. The van der Waals surface area contributed by atoms with Crippen LogP contribution in [0.4, 0.5) is 0 Å². The van der Waals surface area contributed by atoms with Gasteiger partial charge in [-0.2, -0.15) is 0 Å². The molecule has 4 heterocycles. The number of amides is 5. The van der Waals surface area contributed by atoms with Crippen LogP contribution in [0.2, 0.25) is 0 Å². The molecular weight excluding hydrogens is 711 g/mol. The van der Waals surface area contributed by atoms with Crippen LogP contribution >= 0.6 is 0 Å². The highest BCUT2D eigenvalue weighted by molar-refractivity contribution is 5.98. The number of fused-ring (bicyclic) bond motifs is 1. The lowest BCUT2D eigenvalue weighted by Crippen LogP contribution is -2.68. The molecule has 3 aromatic rings.